The molecule has 2 unspecified atom stereocenters. The van der Waals surface area contributed by atoms with Gasteiger partial charge in [0.25, 0.3) is 0 Å². The molecule has 0 aromatic rings. The summed E-state index contributed by atoms with van der Waals surface area (Å²) in [6, 6.07) is 0. The van der Waals surface area contributed by atoms with E-state index >= 15 is 0 Å². The van der Waals surface area contributed by atoms with Crippen LogP contribution in [0.1, 0.15) is 167 Å². The number of unbranched alkanes of at least 4 members (excludes halogenated alkanes) is 18. The van der Waals surface area contributed by atoms with E-state index < -0.39 is 5.97 Å². The average Bonchev–Trinajstić information content (AvgIpc) is 2.79. The van der Waals surface area contributed by atoms with Gasteiger partial charge in [-0.15, -0.1) is 0 Å². The number of aliphatic hydroxyl groups is 2. The van der Waals surface area contributed by atoms with Gasteiger partial charge < -0.3 is 15.3 Å². The van der Waals surface area contributed by atoms with Crippen molar-refractivity contribution in [2.75, 3.05) is 0 Å². The monoisotopic (exact) mass is 470 g/mol. The van der Waals surface area contributed by atoms with Crippen molar-refractivity contribution in [2.24, 2.45) is 0 Å². The molecule has 0 radical (unpaired) electrons. The van der Waals surface area contributed by atoms with Crippen molar-refractivity contribution in [3.8, 4) is 0 Å². The van der Waals surface area contributed by atoms with Crippen molar-refractivity contribution >= 4 is 5.97 Å². The van der Waals surface area contributed by atoms with E-state index in [9.17, 15) is 15.0 Å². The second kappa shape index (κ2) is 26.0. The molecule has 0 saturated carbocycles. The minimum absolute atomic E-state index is 0.227. The van der Waals surface area contributed by atoms with Crippen molar-refractivity contribution in [1.82, 2.24) is 0 Å². The quantitative estimate of drug-likeness (QED) is 0.105. The molecule has 0 fully saturated rings. The summed E-state index contributed by atoms with van der Waals surface area (Å²) >= 11 is 0. The van der Waals surface area contributed by atoms with Gasteiger partial charge in [-0.1, -0.05) is 129 Å². The van der Waals surface area contributed by atoms with Gasteiger partial charge in [-0.2, -0.15) is 0 Å². The fourth-order valence-electron chi connectivity index (χ4n) is 4.61. The molecular formula is C29H58O4. The number of carboxylic acids is 1. The molecule has 0 aliphatic carbocycles. The normalized spacial score (nSPS) is 13.3. The molecule has 0 spiro atoms. The number of aliphatic hydroxyl groups excluding tert-OH is 2. The highest BCUT2D eigenvalue weighted by Crippen LogP contribution is 2.16. The van der Waals surface area contributed by atoms with Crippen LogP contribution in [0.4, 0.5) is 0 Å². The van der Waals surface area contributed by atoms with E-state index in [4.69, 9.17) is 5.11 Å². The van der Waals surface area contributed by atoms with Gasteiger partial charge in [-0.05, 0) is 32.1 Å². The molecule has 198 valence electrons. The third-order valence-electron chi connectivity index (χ3n) is 6.90. The Morgan fingerprint density at radius 1 is 0.485 bits per heavy atom. The van der Waals surface area contributed by atoms with Gasteiger partial charge in [-0.25, -0.2) is 0 Å². The smallest absolute Gasteiger partial charge is 0.303 e. The Bertz CT molecular complexity index is 399. The first-order chi connectivity index (χ1) is 16.1. The van der Waals surface area contributed by atoms with Crippen LogP contribution >= 0.6 is 0 Å². The first-order valence-corrected chi connectivity index (χ1v) is 14.6. The van der Waals surface area contributed by atoms with Crippen molar-refractivity contribution in [3.63, 3.8) is 0 Å². The van der Waals surface area contributed by atoms with E-state index in [2.05, 4.69) is 6.92 Å². The molecule has 0 aromatic carbocycles. The molecular weight excluding hydrogens is 412 g/mol. The molecule has 0 bridgehead atoms. The summed E-state index contributed by atoms with van der Waals surface area (Å²) in [6.07, 6.45) is 28.0. The van der Waals surface area contributed by atoms with Crippen LogP contribution in [0.15, 0.2) is 0 Å². The van der Waals surface area contributed by atoms with E-state index in [0.717, 1.165) is 51.4 Å². The molecule has 33 heavy (non-hydrogen) atoms. The van der Waals surface area contributed by atoms with Crippen LogP contribution in [0.5, 0.6) is 0 Å². The minimum Gasteiger partial charge on any atom is -0.481 e. The second-order valence-electron chi connectivity index (χ2n) is 10.3. The van der Waals surface area contributed by atoms with Crippen LogP contribution in [-0.4, -0.2) is 33.5 Å². The molecule has 2 atom stereocenters. The summed E-state index contributed by atoms with van der Waals surface area (Å²) < 4.78 is 0. The standard InChI is InChI=1S/C29H58O4/c1-2-3-4-5-16-19-22-27(30)25-26-28(31)23-20-17-14-12-10-8-6-7-9-11-13-15-18-21-24-29(32)33/h27-28,30-31H,2-26H2,1H3,(H,32,33). The molecule has 0 rings (SSSR count). The Hall–Kier alpha value is -0.610. The third kappa shape index (κ3) is 27.5. The fourth-order valence-corrected chi connectivity index (χ4v) is 4.61. The van der Waals surface area contributed by atoms with Gasteiger partial charge in [-0.3, -0.25) is 4.79 Å². The predicted octanol–water partition coefficient (Wildman–Crippen LogP) is 8.57. The lowest BCUT2D eigenvalue weighted by Gasteiger charge is -2.14. The maximum absolute atomic E-state index is 10.4. The van der Waals surface area contributed by atoms with Crippen LogP contribution in [-0.2, 0) is 4.79 Å². The number of rotatable bonds is 27. The van der Waals surface area contributed by atoms with Gasteiger partial charge in [0.2, 0.25) is 0 Å². The van der Waals surface area contributed by atoms with Gasteiger partial charge in [0, 0.05) is 6.42 Å². The van der Waals surface area contributed by atoms with Gasteiger partial charge >= 0.3 is 5.97 Å². The molecule has 0 heterocycles. The van der Waals surface area contributed by atoms with Crippen LogP contribution in [0, 0.1) is 0 Å². The van der Waals surface area contributed by atoms with Crippen LogP contribution in [0.25, 0.3) is 0 Å². The van der Waals surface area contributed by atoms with E-state index in [1.807, 2.05) is 0 Å². The highest BCUT2D eigenvalue weighted by atomic mass is 16.4. The Morgan fingerprint density at radius 2 is 0.788 bits per heavy atom. The zero-order valence-corrected chi connectivity index (χ0v) is 22.1. The van der Waals surface area contributed by atoms with Crippen LogP contribution < -0.4 is 0 Å². The summed E-state index contributed by atoms with van der Waals surface area (Å²) in [7, 11) is 0. The molecule has 0 aliphatic rings. The Balaban J connectivity index is 3.24. The fraction of sp³-hybridized carbons (Fsp3) is 0.966. The first kappa shape index (κ1) is 32.4. The molecule has 0 aliphatic heterocycles. The summed E-state index contributed by atoms with van der Waals surface area (Å²) in [5.74, 6) is -0.669. The van der Waals surface area contributed by atoms with Crippen LogP contribution in [0.2, 0.25) is 0 Å². The molecule has 0 aromatic heterocycles. The van der Waals surface area contributed by atoms with Crippen LogP contribution in [0.3, 0.4) is 0 Å². The maximum Gasteiger partial charge on any atom is 0.303 e. The lowest BCUT2D eigenvalue weighted by molar-refractivity contribution is -0.137. The van der Waals surface area contributed by atoms with E-state index in [-0.39, 0.29) is 12.2 Å². The largest absolute Gasteiger partial charge is 0.481 e. The number of carboxylic acid groups (broad SMARTS) is 1. The lowest BCUT2D eigenvalue weighted by atomic mass is 10.00. The van der Waals surface area contributed by atoms with Gasteiger partial charge in [0.15, 0.2) is 0 Å². The Kier molecular flexibility index (Phi) is 25.5. The predicted molar refractivity (Wildman–Crippen MR) is 141 cm³/mol. The molecule has 4 heteroatoms. The SMILES string of the molecule is CCCCCCCCC(O)CCC(O)CCCCCCCCCCCCCCCCC(=O)O. The molecule has 3 N–H and O–H groups in total. The number of hydrogen-bond donors (Lipinski definition) is 3. The van der Waals surface area contributed by atoms with Crippen molar-refractivity contribution in [2.45, 2.75) is 180 Å². The van der Waals surface area contributed by atoms with Crippen molar-refractivity contribution in [1.29, 1.82) is 0 Å². The highest BCUT2D eigenvalue weighted by molar-refractivity contribution is 5.66. The number of carbonyl (C=O) groups is 1. The van der Waals surface area contributed by atoms with E-state index in [1.165, 1.54) is 103 Å². The zero-order valence-electron chi connectivity index (χ0n) is 22.1. The molecule has 4 nitrogen and oxygen atoms in total. The van der Waals surface area contributed by atoms with Gasteiger partial charge in [0.05, 0.1) is 12.2 Å². The van der Waals surface area contributed by atoms with Crippen molar-refractivity contribution in [3.05, 3.63) is 0 Å². The number of hydrogen-bond acceptors (Lipinski definition) is 3. The second-order valence-corrected chi connectivity index (χ2v) is 10.3. The zero-order chi connectivity index (χ0) is 24.4. The summed E-state index contributed by atoms with van der Waals surface area (Å²) in [5.41, 5.74) is 0. The number of aliphatic carboxylic acids is 1. The Morgan fingerprint density at radius 3 is 1.12 bits per heavy atom. The highest BCUT2D eigenvalue weighted by Gasteiger charge is 2.09. The van der Waals surface area contributed by atoms with E-state index in [1.54, 1.807) is 0 Å². The maximum atomic E-state index is 10.4. The average molecular weight is 471 g/mol. The summed E-state index contributed by atoms with van der Waals surface area (Å²) in [5, 5.41) is 28.9. The van der Waals surface area contributed by atoms with E-state index in [0.29, 0.717) is 6.42 Å². The lowest BCUT2D eigenvalue weighted by Crippen LogP contribution is -2.13. The van der Waals surface area contributed by atoms with Crippen molar-refractivity contribution < 1.29 is 20.1 Å². The molecule has 0 amide bonds. The van der Waals surface area contributed by atoms with Gasteiger partial charge in [0.1, 0.15) is 0 Å². The minimum atomic E-state index is -0.669. The first-order valence-electron chi connectivity index (χ1n) is 14.6. The summed E-state index contributed by atoms with van der Waals surface area (Å²) in [4.78, 5) is 10.4. The third-order valence-corrected chi connectivity index (χ3v) is 6.90. The summed E-state index contributed by atoms with van der Waals surface area (Å²) in [6.45, 7) is 2.23. The Labute approximate surface area is 206 Å². The topological polar surface area (TPSA) is 77.8 Å². The molecule has 0 saturated heterocycles.